The maximum atomic E-state index is 12.8. The summed E-state index contributed by atoms with van der Waals surface area (Å²) < 4.78 is 13.4. The third-order valence-corrected chi connectivity index (χ3v) is 5.44. The van der Waals surface area contributed by atoms with Crippen molar-refractivity contribution in [3.63, 3.8) is 0 Å². The van der Waals surface area contributed by atoms with Crippen molar-refractivity contribution in [2.24, 2.45) is 7.05 Å². The second kappa shape index (κ2) is 13.0. The highest BCUT2D eigenvalue weighted by Crippen LogP contribution is 2.21. The molecule has 0 fully saturated rings. The number of carbonyl (C=O) groups excluding carboxylic acids is 1. The van der Waals surface area contributed by atoms with Crippen molar-refractivity contribution in [2.75, 3.05) is 18.5 Å². The summed E-state index contributed by atoms with van der Waals surface area (Å²) in [6.45, 7) is 8.36. The van der Waals surface area contributed by atoms with Gasteiger partial charge < -0.3 is 14.8 Å². The molecule has 1 heterocycles. The highest BCUT2D eigenvalue weighted by molar-refractivity contribution is 5.79. The Kier molecular flexibility index (Phi) is 10.3. The van der Waals surface area contributed by atoms with Gasteiger partial charge in [0.25, 0.3) is 5.56 Å². The molecule has 1 aromatic heterocycles. The normalized spacial score (nSPS) is 11.3. The monoisotopic (exact) mass is 474 g/mol. The Hall–Kier alpha value is -3.10. The van der Waals surface area contributed by atoms with Crippen LogP contribution in [0, 0.1) is 0 Å². The second-order valence-electron chi connectivity index (χ2n) is 8.78. The number of ether oxygens (including phenoxy) is 2. The molecule has 9 nitrogen and oxygen atoms in total. The third-order valence-electron chi connectivity index (χ3n) is 5.44. The van der Waals surface area contributed by atoms with Crippen LogP contribution in [-0.4, -0.2) is 39.1 Å². The average molecular weight is 475 g/mol. The van der Waals surface area contributed by atoms with Gasteiger partial charge >= 0.3 is 11.7 Å². The zero-order valence-corrected chi connectivity index (χ0v) is 21.1. The van der Waals surface area contributed by atoms with Crippen LogP contribution in [0.25, 0.3) is 0 Å². The Labute approximate surface area is 201 Å². The Bertz CT molecular complexity index is 1060. The Morgan fingerprint density at radius 1 is 1.12 bits per heavy atom. The number of rotatable bonds is 14. The summed E-state index contributed by atoms with van der Waals surface area (Å²) in [4.78, 5) is 37.3. The van der Waals surface area contributed by atoms with Crippen LogP contribution >= 0.6 is 0 Å². The predicted molar refractivity (Wildman–Crippen MR) is 132 cm³/mol. The van der Waals surface area contributed by atoms with Crippen LogP contribution in [0.5, 0.6) is 5.75 Å². The molecule has 34 heavy (non-hydrogen) atoms. The Morgan fingerprint density at radius 3 is 2.56 bits per heavy atom. The van der Waals surface area contributed by atoms with Gasteiger partial charge in [0.05, 0.1) is 6.61 Å². The van der Waals surface area contributed by atoms with E-state index in [1.165, 1.54) is 9.25 Å². The van der Waals surface area contributed by atoms with Crippen molar-refractivity contribution in [2.45, 2.75) is 78.4 Å². The molecule has 188 valence electrons. The number of hydrogen-bond donors (Lipinski definition) is 1. The molecular weight excluding hydrogens is 436 g/mol. The van der Waals surface area contributed by atoms with E-state index >= 15 is 0 Å². The number of anilines is 1. The lowest BCUT2D eigenvalue weighted by molar-refractivity contribution is -0.158. The zero-order chi connectivity index (χ0) is 25.1. The van der Waals surface area contributed by atoms with E-state index in [0.29, 0.717) is 25.3 Å². The number of unbranched alkanes of at least 4 members (excludes halogenated alkanes) is 4. The fraction of sp³-hybridized carbons (Fsp3) is 0.600. The number of esters is 1. The van der Waals surface area contributed by atoms with E-state index in [-0.39, 0.29) is 12.4 Å². The van der Waals surface area contributed by atoms with Gasteiger partial charge in [-0.2, -0.15) is 0 Å². The molecule has 0 amide bonds. The third kappa shape index (κ3) is 7.74. The van der Waals surface area contributed by atoms with Crippen LogP contribution < -0.4 is 21.3 Å². The number of aryl methyl sites for hydroxylation is 1. The minimum absolute atomic E-state index is 0.159. The fourth-order valence-electron chi connectivity index (χ4n) is 3.54. The molecule has 2 rings (SSSR count). The maximum absolute atomic E-state index is 12.8. The number of nitrogens with one attached hydrogen (secondary N) is 1. The van der Waals surface area contributed by atoms with E-state index in [1.54, 1.807) is 33.9 Å². The first-order valence-corrected chi connectivity index (χ1v) is 12.1. The van der Waals surface area contributed by atoms with Crippen molar-refractivity contribution in [3.8, 4) is 5.75 Å². The molecule has 0 aliphatic heterocycles. The van der Waals surface area contributed by atoms with Crippen LogP contribution in [0.1, 0.15) is 65.4 Å². The molecule has 0 aliphatic carbocycles. The van der Waals surface area contributed by atoms with Gasteiger partial charge in [-0.3, -0.25) is 9.36 Å². The van der Waals surface area contributed by atoms with Gasteiger partial charge in [0.2, 0.25) is 5.82 Å². The minimum atomic E-state index is -1.10. The molecular formula is C25H38N4O5. The van der Waals surface area contributed by atoms with E-state index < -0.39 is 22.8 Å². The quantitative estimate of drug-likeness (QED) is 0.331. The summed E-state index contributed by atoms with van der Waals surface area (Å²) in [7, 11) is 1.55. The summed E-state index contributed by atoms with van der Waals surface area (Å²) >= 11 is 0. The molecule has 9 heteroatoms. The predicted octanol–water partition coefficient (Wildman–Crippen LogP) is 3.29. The SMILES string of the molecule is CCCCCCCn1c(=O)c(NCCc2cccc(OC(C)(C)C(=O)OCC)c2)nn(C)c1=O. The number of benzene rings is 1. The van der Waals surface area contributed by atoms with Crippen molar-refractivity contribution in [1.82, 2.24) is 14.3 Å². The Morgan fingerprint density at radius 2 is 1.85 bits per heavy atom. The standard InChI is InChI=1S/C25H38N4O5/c1-6-8-9-10-11-17-29-22(30)21(27-28(5)24(29)32)26-16-15-19-13-12-14-20(18-19)34-25(3,4)23(31)33-7-2/h12-14,18H,6-11,15-17H2,1-5H3,(H,26,27). The van der Waals surface area contributed by atoms with E-state index in [1.807, 2.05) is 18.2 Å². The van der Waals surface area contributed by atoms with Gasteiger partial charge in [0, 0.05) is 20.1 Å². The minimum Gasteiger partial charge on any atom is -0.476 e. The van der Waals surface area contributed by atoms with Crippen LogP contribution in [0.15, 0.2) is 33.9 Å². The van der Waals surface area contributed by atoms with Crippen molar-refractivity contribution >= 4 is 11.8 Å². The maximum Gasteiger partial charge on any atom is 0.349 e. The summed E-state index contributed by atoms with van der Waals surface area (Å²) in [5.41, 5.74) is -0.939. The molecule has 1 aromatic carbocycles. The lowest BCUT2D eigenvalue weighted by atomic mass is 10.1. The van der Waals surface area contributed by atoms with Crippen LogP contribution in [0.2, 0.25) is 0 Å². The molecule has 2 aromatic rings. The number of carbonyl (C=O) groups is 1. The first-order chi connectivity index (χ1) is 16.2. The van der Waals surface area contributed by atoms with Crippen molar-refractivity contribution < 1.29 is 14.3 Å². The van der Waals surface area contributed by atoms with Crippen molar-refractivity contribution in [1.29, 1.82) is 0 Å². The molecule has 0 bridgehead atoms. The zero-order valence-electron chi connectivity index (χ0n) is 21.1. The molecule has 1 N–H and O–H groups in total. The molecule has 0 unspecified atom stereocenters. The lowest BCUT2D eigenvalue weighted by Crippen LogP contribution is -2.42. The summed E-state index contributed by atoms with van der Waals surface area (Å²) in [6.07, 6.45) is 5.76. The molecule has 0 radical (unpaired) electrons. The van der Waals surface area contributed by atoms with E-state index in [4.69, 9.17) is 9.47 Å². The van der Waals surface area contributed by atoms with Gasteiger partial charge in [-0.05, 0) is 51.3 Å². The topological polar surface area (TPSA) is 104 Å². The first-order valence-electron chi connectivity index (χ1n) is 12.1. The smallest absolute Gasteiger partial charge is 0.349 e. The van der Waals surface area contributed by atoms with E-state index in [0.717, 1.165) is 37.7 Å². The largest absolute Gasteiger partial charge is 0.476 e. The summed E-state index contributed by atoms with van der Waals surface area (Å²) in [5, 5.41) is 7.17. The highest BCUT2D eigenvalue weighted by Gasteiger charge is 2.31. The van der Waals surface area contributed by atoms with Crippen LogP contribution in [0.3, 0.4) is 0 Å². The molecule has 0 spiro atoms. The van der Waals surface area contributed by atoms with Crippen LogP contribution in [-0.2, 0) is 29.5 Å². The first kappa shape index (κ1) is 27.1. The van der Waals surface area contributed by atoms with Gasteiger partial charge in [0.1, 0.15) is 5.75 Å². The van der Waals surface area contributed by atoms with Crippen LogP contribution in [0.4, 0.5) is 5.82 Å². The Balaban J connectivity index is 2.01. The lowest BCUT2D eigenvalue weighted by Gasteiger charge is -2.24. The number of hydrogen-bond acceptors (Lipinski definition) is 7. The van der Waals surface area contributed by atoms with Crippen molar-refractivity contribution in [3.05, 3.63) is 50.7 Å². The van der Waals surface area contributed by atoms with Gasteiger partial charge in [0.15, 0.2) is 5.60 Å². The second-order valence-corrected chi connectivity index (χ2v) is 8.78. The fourth-order valence-corrected chi connectivity index (χ4v) is 3.54. The van der Waals surface area contributed by atoms with Gasteiger partial charge in [-0.25, -0.2) is 14.3 Å². The molecule has 0 saturated carbocycles. The molecule has 0 saturated heterocycles. The van der Waals surface area contributed by atoms with E-state index in [2.05, 4.69) is 17.3 Å². The number of aromatic nitrogens is 3. The molecule has 0 aliphatic rings. The van der Waals surface area contributed by atoms with Gasteiger partial charge in [-0.15, -0.1) is 5.10 Å². The summed E-state index contributed by atoms with van der Waals surface area (Å²) in [6, 6.07) is 7.42. The highest BCUT2D eigenvalue weighted by atomic mass is 16.6. The molecule has 0 atom stereocenters. The summed E-state index contributed by atoms with van der Waals surface area (Å²) in [5.74, 6) is 0.289. The van der Waals surface area contributed by atoms with E-state index in [9.17, 15) is 14.4 Å². The van der Waals surface area contributed by atoms with Gasteiger partial charge in [-0.1, -0.05) is 44.7 Å². The number of nitrogens with zero attached hydrogens (tertiary/aromatic N) is 3. The average Bonchev–Trinajstić information content (AvgIpc) is 2.79.